The molecule has 0 aromatic rings. The zero-order valence-corrected chi connectivity index (χ0v) is 10.1. The van der Waals surface area contributed by atoms with Gasteiger partial charge in [0.05, 0.1) is 6.10 Å². The van der Waals surface area contributed by atoms with Crippen molar-refractivity contribution in [1.82, 2.24) is 0 Å². The topological polar surface area (TPSA) is 44.8 Å². The van der Waals surface area contributed by atoms with E-state index in [1.165, 1.54) is 0 Å². The third-order valence-electron chi connectivity index (χ3n) is 1.47. The number of ether oxygens (including phenoxy) is 3. The van der Waals surface area contributed by atoms with Crippen LogP contribution in [0.15, 0.2) is 12.2 Å². The second kappa shape index (κ2) is 6.58. The highest BCUT2D eigenvalue weighted by molar-refractivity contribution is 5.86. The lowest BCUT2D eigenvalue weighted by Crippen LogP contribution is -2.26. The molecule has 0 aliphatic carbocycles. The molecule has 0 saturated heterocycles. The van der Waals surface area contributed by atoms with E-state index in [-0.39, 0.29) is 6.10 Å². The number of hydrogen-bond donors (Lipinski definition) is 0. The number of carbonyl (C=O) groups is 1. The molecule has 4 nitrogen and oxygen atoms in total. The second-order valence-corrected chi connectivity index (χ2v) is 3.64. The maximum absolute atomic E-state index is 11.1. The van der Waals surface area contributed by atoms with Crippen LogP contribution in [0.3, 0.4) is 0 Å². The smallest absolute Gasteiger partial charge is 0.335 e. The van der Waals surface area contributed by atoms with Gasteiger partial charge in [0.2, 0.25) is 6.29 Å². The van der Waals surface area contributed by atoms with E-state index < -0.39 is 18.5 Å². The Morgan fingerprint density at radius 2 is 1.60 bits per heavy atom. The second-order valence-electron chi connectivity index (χ2n) is 3.64. The first kappa shape index (κ1) is 14.1. The maximum atomic E-state index is 11.1. The van der Waals surface area contributed by atoms with E-state index >= 15 is 0 Å². The van der Waals surface area contributed by atoms with Crippen LogP contribution in [0.2, 0.25) is 0 Å². The Morgan fingerprint density at radius 3 is 2.00 bits per heavy atom. The monoisotopic (exact) mass is 216 g/mol. The van der Waals surface area contributed by atoms with E-state index in [9.17, 15) is 4.79 Å². The molecule has 0 rings (SSSR count). The molecule has 88 valence electrons. The molecule has 0 heterocycles. The summed E-state index contributed by atoms with van der Waals surface area (Å²) in [5.74, 6) is -0.459. The van der Waals surface area contributed by atoms with Crippen LogP contribution in [0, 0.1) is 0 Å². The first-order valence-electron chi connectivity index (χ1n) is 5.00. The standard InChI is InChI=1S/C11H20O4/c1-7(2)11(12)15-10(6)14-9(5)13-8(3)4/h8-10H,1H2,2-6H3. The Morgan fingerprint density at radius 1 is 1.07 bits per heavy atom. The van der Waals surface area contributed by atoms with Gasteiger partial charge in [-0.1, -0.05) is 6.58 Å². The zero-order valence-electron chi connectivity index (χ0n) is 10.1. The van der Waals surface area contributed by atoms with E-state index in [4.69, 9.17) is 14.2 Å². The molecule has 0 saturated carbocycles. The number of carbonyl (C=O) groups excluding carboxylic acids is 1. The SMILES string of the molecule is C=C(C)C(=O)OC(C)OC(C)OC(C)C. The summed E-state index contributed by atoms with van der Waals surface area (Å²) in [6.45, 7) is 12.3. The van der Waals surface area contributed by atoms with Crippen molar-refractivity contribution in [2.75, 3.05) is 0 Å². The highest BCUT2D eigenvalue weighted by Crippen LogP contribution is 2.06. The molecule has 0 aliphatic heterocycles. The fourth-order valence-corrected chi connectivity index (χ4v) is 0.964. The van der Waals surface area contributed by atoms with Crippen molar-refractivity contribution in [3.63, 3.8) is 0 Å². The van der Waals surface area contributed by atoms with E-state index in [2.05, 4.69) is 6.58 Å². The summed E-state index contributed by atoms with van der Waals surface area (Å²) >= 11 is 0. The third kappa shape index (κ3) is 7.11. The molecule has 0 aromatic carbocycles. The molecule has 0 aromatic heterocycles. The molecular formula is C11H20O4. The van der Waals surface area contributed by atoms with Crippen LogP contribution in [-0.4, -0.2) is 24.7 Å². The Kier molecular flexibility index (Phi) is 6.20. The van der Waals surface area contributed by atoms with Gasteiger partial charge in [0.1, 0.15) is 0 Å². The van der Waals surface area contributed by atoms with Gasteiger partial charge in [0.25, 0.3) is 0 Å². The molecule has 0 spiro atoms. The molecule has 0 N–H and O–H groups in total. The van der Waals surface area contributed by atoms with Gasteiger partial charge in [0, 0.05) is 5.57 Å². The minimum Gasteiger partial charge on any atom is -0.433 e. The maximum Gasteiger partial charge on any atom is 0.335 e. The van der Waals surface area contributed by atoms with E-state index in [1.54, 1.807) is 20.8 Å². The summed E-state index contributed by atoms with van der Waals surface area (Å²) in [6.07, 6.45) is -0.968. The highest BCUT2D eigenvalue weighted by atomic mass is 16.8. The van der Waals surface area contributed by atoms with Crippen molar-refractivity contribution in [2.45, 2.75) is 53.3 Å². The van der Waals surface area contributed by atoms with Gasteiger partial charge < -0.3 is 14.2 Å². The van der Waals surface area contributed by atoms with Gasteiger partial charge in [-0.15, -0.1) is 0 Å². The number of esters is 1. The Bertz CT molecular complexity index is 223. The summed E-state index contributed by atoms with van der Waals surface area (Å²) in [5.41, 5.74) is 0.350. The van der Waals surface area contributed by atoms with Gasteiger partial charge >= 0.3 is 5.97 Å². The van der Waals surface area contributed by atoms with Crippen LogP contribution >= 0.6 is 0 Å². The third-order valence-corrected chi connectivity index (χ3v) is 1.47. The van der Waals surface area contributed by atoms with Crippen LogP contribution in [0.25, 0.3) is 0 Å². The van der Waals surface area contributed by atoms with Crippen LogP contribution < -0.4 is 0 Å². The first-order chi connectivity index (χ1) is 6.82. The van der Waals surface area contributed by atoms with Crippen molar-refractivity contribution in [3.05, 3.63) is 12.2 Å². The van der Waals surface area contributed by atoms with Gasteiger partial charge in [0.15, 0.2) is 6.29 Å². The lowest BCUT2D eigenvalue weighted by Gasteiger charge is -2.21. The predicted octanol–water partition coefficient (Wildman–Crippen LogP) is 2.24. The van der Waals surface area contributed by atoms with Gasteiger partial charge in [-0.3, -0.25) is 0 Å². The van der Waals surface area contributed by atoms with Crippen LogP contribution in [-0.2, 0) is 19.0 Å². The van der Waals surface area contributed by atoms with Gasteiger partial charge in [-0.2, -0.15) is 0 Å². The molecule has 0 bridgehead atoms. The molecule has 0 radical (unpaired) electrons. The summed E-state index contributed by atoms with van der Waals surface area (Å²) in [4.78, 5) is 11.1. The van der Waals surface area contributed by atoms with Crippen LogP contribution in [0.1, 0.15) is 34.6 Å². The van der Waals surface area contributed by atoms with Crippen LogP contribution in [0.4, 0.5) is 0 Å². The minimum absolute atomic E-state index is 0.0732. The molecule has 0 fully saturated rings. The molecule has 0 amide bonds. The average molecular weight is 216 g/mol. The van der Waals surface area contributed by atoms with E-state index in [1.807, 2.05) is 13.8 Å². The number of rotatable bonds is 6. The zero-order chi connectivity index (χ0) is 12.0. The normalized spacial score (nSPS) is 14.8. The Labute approximate surface area is 91.2 Å². The Balaban J connectivity index is 3.87. The molecule has 4 heteroatoms. The molecule has 2 unspecified atom stereocenters. The summed E-state index contributed by atoms with van der Waals surface area (Å²) in [6, 6.07) is 0. The number of hydrogen-bond acceptors (Lipinski definition) is 4. The van der Waals surface area contributed by atoms with Crippen LogP contribution in [0.5, 0.6) is 0 Å². The van der Waals surface area contributed by atoms with E-state index in [0.29, 0.717) is 5.57 Å². The fraction of sp³-hybridized carbons (Fsp3) is 0.727. The largest absolute Gasteiger partial charge is 0.433 e. The van der Waals surface area contributed by atoms with Crippen molar-refractivity contribution in [3.8, 4) is 0 Å². The molecule has 0 aliphatic rings. The fourth-order valence-electron chi connectivity index (χ4n) is 0.964. The van der Waals surface area contributed by atoms with Crippen molar-refractivity contribution < 1.29 is 19.0 Å². The lowest BCUT2D eigenvalue weighted by atomic mass is 10.4. The first-order valence-corrected chi connectivity index (χ1v) is 5.00. The molecular weight excluding hydrogens is 196 g/mol. The summed E-state index contributed by atoms with van der Waals surface area (Å²) in [5, 5.41) is 0. The van der Waals surface area contributed by atoms with E-state index in [0.717, 1.165) is 0 Å². The molecule has 2 atom stereocenters. The Hall–Kier alpha value is -0.870. The van der Waals surface area contributed by atoms with Crippen molar-refractivity contribution >= 4 is 5.97 Å². The molecule has 15 heavy (non-hydrogen) atoms. The van der Waals surface area contributed by atoms with Gasteiger partial charge in [-0.05, 0) is 34.6 Å². The highest BCUT2D eigenvalue weighted by Gasteiger charge is 2.14. The summed E-state index contributed by atoms with van der Waals surface area (Å²) in [7, 11) is 0. The average Bonchev–Trinajstić information content (AvgIpc) is 2.00. The lowest BCUT2D eigenvalue weighted by molar-refractivity contribution is -0.235. The van der Waals surface area contributed by atoms with Gasteiger partial charge in [-0.25, -0.2) is 4.79 Å². The minimum atomic E-state index is -0.636. The summed E-state index contributed by atoms with van der Waals surface area (Å²) < 4.78 is 15.5. The van der Waals surface area contributed by atoms with Crippen molar-refractivity contribution in [1.29, 1.82) is 0 Å². The predicted molar refractivity (Wildman–Crippen MR) is 57.1 cm³/mol. The van der Waals surface area contributed by atoms with Crippen molar-refractivity contribution in [2.24, 2.45) is 0 Å². The quantitative estimate of drug-likeness (QED) is 0.388.